The van der Waals surface area contributed by atoms with Crippen molar-refractivity contribution in [2.45, 2.75) is 25.9 Å². The first kappa shape index (κ1) is 14.1. The van der Waals surface area contributed by atoms with Crippen molar-refractivity contribution >= 4 is 16.7 Å². The van der Waals surface area contributed by atoms with E-state index in [1.165, 1.54) is 17.3 Å². The summed E-state index contributed by atoms with van der Waals surface area (Å²) >= 11 is 0. The van der Waals surface area contributed by atoms with Crippen LogP contribution in [0.15, 0.2) is 30.5 Å². The number of nitrogens with one attached hydrogen (secondary N) is 1. The predicted octanol–water partition coefficient (Wildman–Crippen LogP) is 2.80. The first-order valence-corrected chi connectivity index (χ1v) is 7.73. The summed E-state index contributed by atoms with van der Waals surface area (Å²) in [7, 11) is 0. The first-order valence-electron chi connectivity index (χ1n) is 7.73. The van der Waals surface area contributed by atoms with Crippen molar-refractivity contribution in [3.63, 3.8) is 0 Å². The standard InChI is InChI=1S/C17H18FN5/c1-10(17-20-6-4-16(19)22-17)23-7-5-15-13(9-23)12-8-11(18)2-3-14(12)21-15/h2-4,6,8,10,21H,5,7,9H2,1H3,(H2,19,20,22)/t10-/m0/s1. The Morgan fingerprint density at radius 2 is 2.22 bits per heavy atom. The summed E-state index contributed by atoms with van der Waals surface area (Å²) in [6.45, 7) is 3.73. The van der Waals surface area contributed by atoms with E-state index in [-0.39, 0.29) is 11.9 Å². The van der Waals surface area contributed by atoms with Crippen molar-refractivity contribution in [1.82, 2.24) is 19.9 Å². The largest absolute Gasteiger partial charge is 0.384 e. The lowest BCUT2D eigenvalue weighted by Crippen LogP contribution is -2.33. The number of hydrogen-bond donors (Lipinski definition) is 2. The van der Waals surface area contributed by atoms with Crippen LogP contribution in [0.3, 0.4) is 0 Å². The summed E-state index contributed by atoms with van der Waals surface area (Å²) in [4.78, 5) is 14.4. The van der Waals surface area contributed by atoms with Crippen molar-refractivity contribution in [3.8, 4) is 0 Å². The monoisotopic (exact) mass is 311 g/mol. The van der Waals surface area contributed by atoms with E-state index in [1.807, 2.05) is 0 Å². The lowest BCUT2D eigenvalue weighted by atomic mass is 10.0. The Hall–Kier alpha value is -2.47. The number of nitrogens with two attached hydrogens (primary N) is 1. The van der Waals surface area contributed by atoms with Gasteiger partial charge in [-0.05, 0) is 36.8 Å². The number of halogens is 1. The smallest absolute Gasteiger partial charge is 0.147 e. The van der Waals surface area contributed by atoms with Gasteiger partial charge in [0.05, 0.1) is 6.04 Å². The molecule has 0 saturated carbocycles. The number of nitrogens with zero attached hydrogens (tertiary/aromatic N) is 3. The van der Waals surface area contributed by atoms with Crippen LogP contribution in [-0.4, -0.2) is 26.4 Å². The van der Waals surface area contributed by atoms with Crippen LogP contribution in [0, 0.1) is 5.82 Å². The fourth-order valence-electron chi connectivity index (χ4n) is 3.29. The summed E-state index contributed by atoms with van der Waals surface area (Å²) in [5, 5.41) is 0.963. The second-order valence-electron chi connectivity index (χ2n) is 6.01. The normalized spacial score (nSPS) is 16.4. The molecule has 0 aliphatic carbocycles. The Morgan fingerprint density at radius 3 is 3.04 bits per heavy atom. The molecule has 1 atom stereocenters. The van der Waals surface area contributed by atoms with E-state index in [1.54, 1.807) is 24.4 Å². The van der Waals surface area contributed by atoms with Gasteiger partial charge in [-0.3, -0.25) is 4.90 Å². The Kier molecular flexibility index (Phi) is 3.27. The van der Waals surface area contributed by atoms with Crippen LogP contribution in [0.25, 0.3) is 10.9 Å². The van der Waals surface area contributed by atoms with Gasteiger partial charge in [0.1, 0.15) is 17.5 Å². The van der Waals surface area contributed by atoms with E-state index in [0.717, 1.165) is 36.2 Å². The first-order chi connectivity index (χ1) is 11.1. The van der Waals surface area contributed by atoms with E-state index in [4.69, 9.17) is 5.73 Å². The number of H-pyrrole nitrogens is 1. The maximum Gasteiger partial charge on any atom is 0.147 e. The molecule has 3 aromatic rings. The predicted molar refractivity (Wildman–Crippen MR) is 87.2 cm³/mol. The summed E-state index contributed by atoms with van der Waals surface area (Å²) in [6, 6.07) is 6.65. The van der Waals surface area contributed by atoms with E-state index in [9.17, 15) is 4.39 Å². The number of anilines is 1. The highest BCUT2D eigenvalue weighted by molar-refractivity contribution is 5.85. The van der Waals surface area contributed by atoms with E-state index in [0.29, 0.717) is 5.82 Å². The molecule has 1 aromatic carbocycles. The Labute approximate surface area is 133 Å². The summed E-state index contributed by atoms with van der Waals surface area (Å²) in [5.41, 5.74) is 9.12. The third kappa shape index (κ3) is 2.45. The number of rotatable bonds is 2. The van der Waals surface area contributed by atoms with Crippen molar-refractivity contribution in [2.24, 2.45) is 0 Å². The lowest BCUT2D eigenvalue weighted by Gasteiger charge is -2.31. The van der Waals surface area contributed by atoms with Crippen molar-refractivity contribution in [2.75, 3.05) is 12.3 Å². The van der Waals surface area contributed by atoms with Crippen LogP contribution in [0.5, 0.6) is 0 Å². The minimum absolute atomic E-state index is 0.0603. The molecule has 2 aromatic heterocycles. The van der Waals surface area contributed by atoms with Crippen LogP contribution in [0.1, 0.15) is 30.0 Å². The summed E-state index contributed by atoms with van der Waals surface area (Å²) in [6.07, 6.45) is 2.59. The SMILES string of the molecule is C[C@@H](c1nccc(N)n1)N1CCc2[nH]c3ccc(F)cc3c2C1. The Balaban J connectivity index is 1.68. The molecule has 118 valence electrons. The molecule has 0 spiro atoms. The molecular formula is C17H18FN5. The number of aromatic nitrogens is 3. The van der Waals surface area contributed by atoms with Crippen molar-refractivity contribution < 1.29 is 4.39 Å². The molecule has 23 heavy (non-hydrogen) atoms. The van der Waals surface area contributed by atoms with Crippen LogP contribution in [-0.2, 0) is 13.0 Å². The molecule has 0 radical (unpaired) electrons. The highest BCUT2D eigenvalue weighted by Gasteiger charge is 2.26. The van der Waals surface area contributed by atoms with E-state index >= 15 is 0 Å². The minimum atomic E-state index is -0.205. The van der Waals surface area contributed by atoms with Gasteiger partial charge in [-0.15, -0.1) is 0 Å². The van der Waals surface area contributed by atoms with Gasteiger partial charge in [0.15, 0.2) is 0 Å². The average Bonchev–Trinajstić information content (AvgIpc) is 2.91. The molecule has 0 fully saturated rings. The quantitative estimate of drug-likeness (QED) is 0.763. The molecule has 0 bridgehead atoms. The van der Waals surface area contributed by atoms with Gasteiger partial charge in [-0.2, -0.15) is 0 Å². The molecule has 3 heterocycles. The molecule has 4 rings (SSSR count). The molecule has 1 aliphatic heterocycles. The second-order valence-corrected chi connectivity index (χ2v) is 6.01. The summed E-state index contributed by atoms with van der Waals surface area (Å²) < 4.78 is 13.6. The van der Waals surface area contributed by atoms with E-state index in [2.05, 4.69) is 26.8 Å². The van der Waals surface area contributed by atoms with Crippen LogP contribution in [0.2, 0.25) is 0 Å². The van der Waals surface area contributed by atoms with E-state index < -0.39 is 0 Å². The topological polar surface area (TPSA) is 70.8 Å². The molecule has 1 aliphatic rings. The zero-order valence-corrected chi connectivity index (χ0v) is 12.9. The van der Waals surface area contributed by atoms with Gasteiger partial charge in [0.25, 0.3) is 0 Å². The van der Waals surface area contributed by atoms with Crippen LogP contribution in [0.4, 0.5) is 10.2 Å². The fourth-order valence-corrected chi connectivity index (χ4v) is 3.29. The molecule has 5 nitrogen and oxygen atoms in total. The molecule has 3 N–H and O–H groups in total. The molecular weight excluding hydrogens is 293 g/mol. The Morgan fingerprint density at radius 1 is 1.35 bits per heavy atom. The van der Waals surface area contributed by atoms with Crippen molar-refractivity contribution in [1.29, 1.82) is 0 Å². The number of fused-ring (bicyclic) bond motifs is 3. The third-order valence-electron chi connectivity index (χ3n) is 4.58. The molecule has 0 unspecified atom stereocenters. The van der Waals surface area contributed by atoms with Gasteiger partial charge >= 0.3 is 0 Å². The highest BCUT2D eigenvalue weighted by atomic mass is 19.1. The van der Waals surface area contributed by atoms with Gasteiger partial charge in [0, 0.05) is 42.3 Å². The number of hydrogen-bond acceptors (Lipinski definition) is 4. The summed E-state index contributed by atoms with van der Waals surface area (Å²) in [5.74, 6) is 0.997. The number of aromatic amines is 1. The Bertz CT molecular complexity index is 873. The zero-order valence-electron chi connectivity index (χ0n) is 12.9. The van der Waals surface area contributed by atoms with Gasteiger partial charge < -0.3 is 10.7 Å². The van der Waals surface area contributed by atoms with Crippen molar-refractivity contribution in [3.05, 3.63) is 53.4 Å². The second kappa shape index (κ2) is 5.31. The number of benzene rings is 1. The number of nitrogen functional groups attached to an aromatic ring is 1. The average molecular weight is 311 g/mol. The lowest BCUT2D eigenvalue weighted by molar-refractivity contribution is 0.185. The maximum absolute atomic E-state index is 13.6. The zero-order chi connectivity index (χ0) is 16.0. The van der Waals surface area contributed by atoms with Gasteiger partial charge in [-0.25, -0.2) is 14.4 Å². The molecule has 0 amide bonds. The fraction of sp³-hybridized carbons (Fsp3) is 0.294. The van der Waals surface area contributed by atoms with Crippen LogP contribution < -0.4 is 5.73 Å². The molecule has 0 saturated heterocycles. The third-order valence-corrected chi connectivity index (χ3v) is 4.58. The molecule has 6 heteroatoms. The maximum atomic E-state index is 13.6. The minimum Gasteiger partial charge on any atom is -0.384 e. The van der Waals surface area contributed by atoms with Gasteiger partial charge in [0.2, 0.25) is 0 Å². The highest BCUT2D eigenvalue weighted by Crippen LogP contribution is 2.31. The van der Waals surface area contributed by atoms with Crippen LogP contribution >= 0.6 is 0 Å². The van der Waals surface area contributed by atoms with Gasteiger partial charge in [-0.1, -0.05) is 0 Å².